The van der Waals surface area contributed by atoms with Crippen LogP contribution >= 0.6 is 0 Å². The van der Waals surface area contributed by atoms with E-state index in [4.69, 9.17) is 0 Å². The van der Waals surface area contributed by atoms with Crippen molar-refractivity contribution >= 4 is 0 Å². The van der Waals surface area contributed by atoms with E-state index in [0.29, 0.717) is 12.8 Å². The Hall–Kier alpha value is -1.17. The average Bonchev–Trinajstić information content (AvgIpc) is 2.42. The molecule has 0 aliphatic heterocycles. The lowest BCUT2D eigenvalue weighted by Crippen LogP contribution is -2.37. The van der Waals surface area contributed by atoms with Crippen molar-refractivity contribution in [2.45, 2.75) is 52.1 Å². The van der Waals surface area contributed by atoms with Crippen LogP contribution in [0.1, 0.15) is 52.0 Å². The molecule has 0 saturated heterocycles. The average molecular weight is 322 g/mol. The van der Waals surface area contributed by atoms with Gasteiger partial charge < -0.3 is 5.11 Å². The van der Waals surface area contributed by atoms with Crippen LogP contribution in [0.2, 0.25) is 0 Å². The minimum Gasteiger partial charge on any atom is -0.385 e. The Morgan fingerprint density at radius 2 is 1.18 bits per heavy atom. The molecule has 1 aliphatic carbocycles. The number of benzene rings is 1. The first kappa shape index (κ1) is 17.2. The van der Waals surface area contributed by atoms with Gasteiger partial charge in [-0.15, -0.1) is 0 Å². The maximum atomic E-state index is 13.9. The maximum Gasteiger partial charge on any atom is 0.200 e. The summed E-state index contributed by atoms with van der Waals surface area (Å²) in [4.78, 5) is 0. The van der Waals surface area contributed by atoms with Crippen molar-refractivity contribution in [2.75, 3.05) is 0 Å². The third kappa shape index (κ3) is 2.73. The molecular weight excluding hydrogens is 303 g/mol. The van der Waals surface area contributed by atoms with Crippen LogP contribution in [-0.4, -0.2) is 5.11 Å². The number of rotatable bonds is 1. The Bertz CT molecular complexity index is 554. The molecule has 0 atom stereocenters. The topological polar surface area (TPSA) is 20.2 Å². The van der Waals surface area contributed by atoms with E-state index in [1.807, 2.05) is 20.8 Å². The molecule has 0 bridgehead atoms. The monoisotopic (exact) mass is 322 g/mol. The van der Waals surface area contributed by atoms with Crippen LogP contribution in [0.4, 0.5) is 22.0 Å². The molecule has 2 rings (SSSR count). The highest BCUT2D eigenvalue weighted by molar-refractivity contribution is 5.30. The second kappa shape index (κ2) is 5.48. The van der Waals surface area contributed by atoms with Crippen molar-refractivity contribution in [3.63, 3.8) is 0 Å². The summed E-state index contributed by atoms with van der Waals surface area (Å²) in [5, 5.41) is 10.5. The predicted octanol–water partition coefficient (Wildman–Crippen LogP) is 4.81. The lowest BCUT2D eigenvalue weighted by atomic mass is 9.67. The fraction of sp³-hybridized carbons (Fsp3) is 0.625. The summed E-state index contributed by atoms with van der Waals surface area (Å²) in [6, 6.07) is 0. The van der Waals surface area contributed by atoms with E-state index in [9.17, 15) is 27.1 Å². The molecule has 1 aromatic carbocycles. The largest absolute Gasteiger partial charge is 0.385 e. The van der Waals surface area contributed by atoms with Crippen LogP contribution in [-0.2, 0) is 5.60 Å². The first-order chi connectivity index (χ1) is 9.99. The maximum absolute atomic E-state index is 13.9. The molecule has 1 N–H and O–H groups in total. The second-order valence-corrected chi connectivity index (χ2v) is 7.12. The van der Waals surface area contributed by atoms with Crippen LogP contribution < -0.4 is 0 Å². The zero-order chi connectivity index (χ0) is 16.9. The Labute approximate surface area is 126 Å². The van der Waals surface area contributed by atoms with E-state index in [1.54, 1.807) is 0 Å². The van der Waals surface area contributed by atoms with E-state index < -0.39 is 40.3 Å². The lowest BCUT2D eigenvalue weighted by Gasteiger charge is -2.41. The van der Waals surface area contributed by atoms with Crippen molar-refractivity contribution in [3.8, 4) is 0 Å². The van der Waals surface area contributed by atoms with Crippen LogP contribution in [0.15, 0.2) is 0 Å². The van der Waals surface area contributed by atoms with Crippen LogP contribution in [0.25, 0.3) is 0 Å². The Kier molecular flexibility index (Phi) is 4.28. The molecule has 0 aromatic heterocycles. The van der Waals surface area contributed by atoms with Crippen molar-refractivity contribution < 1.29 is 27.1 Å². The van der Waals surface area contributed by atoms with Gasteiger partial charge in [0.2, 0.25) is 5.82 Å². The number of hydrogen-bond acceptors (Lipinski definition) is 1. The molecule has 1 aliphatic rings. The summed E-state index contributed by atoms with van der Waals surface area (Å²) in [5.41, 5.74) is -3.17. The zero-order valence-electron chi connectivity index (χ0n) is 12.7. The molecule has 1 nitrogen and oxygen atoms in total. The summed E-state index contributed by atoms with van der Waals surface area (Å²) in [7, 11) is 0. The highest BCUT2D eigenvalue weighted by atomic mass is 19.2. The molecule has 1 fully saturated rings. The van der Waals surface area contributed by atoms with Crippen LogP contribution in [0.5, 0.6) is 0 Å². The van der Waals surface area contributed by atoms with Gasteiger partial charge in [-0.3, -0.25) is 0 Å². The third-order valence-electron chi connectivity index (χ3n) is 4.71. The normalized spacial score (nSPS) is 26.3. The smallest absolute Gasteiger partial charge is 0.200 e. The lowest BCUT2D eigenvalue weighted by molar-refractivity contribution is -0.0360. The Balaban J connectivity index is 2.41. The van der Waals surface area contributed by atoms with E-state index in [2.05, 4.69) is 0 Å². The standard InChI is InChI=1S/C16H19F5O/c1-15(2,3)8-4-6-16(22,7-5-8)9-10(17)12(19)14(21)13(20)11(9)18/h8,22H,4-7H2,1-3H3/t8-,16+. The van der Waals surface area contributed by atoms with Gasteiger partial charge in [0, 0.05) is 0 Å². The summed E-state index contributed by atoms with van der Waals surface area (Å²) in [6.07, 6.45) is 0.847. The third-order valence-corrected chi connectivity index (χ3v) is 4.71. The first-order valence-corrected chi connectivity index (χ1v) is 7.23. The molecule has 0 amide bonds. The minimum absolute atomic E-state index is 0.0344. The SMILES string of the molecule is CC(C)(C)[C@H]1CC[C@](O)(c2c(F)c(F)c(F)c(F)c2F)CC1. The minimum atomic E-state index is -2.20. The Morgan fingerprint density at radius 1 is 0.818 bits per heavy atom. The van der Waals surface area contributed by atoms with Gasteiger partial charge in [-0.05, 0) is 37.0 Å². The van der Waals surface area contributed by atoms with Gasteiger partial charge in [-0.1, -0.05) is 20.8 Å². The van der Waals surface area contributed by atoms with Gasteiger partial charge in [0.1, 0.15) is 0 Å². The number of aliphatic hydroxyl groups is 1. The molecule has 22 heavy (non-hydrogen) atoms. The van der Waals surface area contributed by atoms with E-state index in [0.717, 1.165) is 0 Å². The van der Waals surface area contributed by atoms with Gasteiger partial charge in [-0.2, -0.15) is 0 Å². The Morgan fingerprint density at radius 3 is 1.55 bits per heavy atom. The van der Waals surface area contributed by atoms with E-state index in [1.165, 1.54) is 0 Å². The van der Waals surface area contributed by atoms with Crippen molar-refractivity contribution in [1.29, 1.82) is 0 Å². The summed E-state index contributed by atoms with van der Waals surface area (Å²) in [6.45, 7) is 6.04. The van der Waals surface area contributed by atoms with Gasteiger partial charge in [0.15, 0.2) is 23.3 Å². The highest BCUT2D eigenvalue weighted by Crippen LogP contribution is 2.47. The molecule has 0 unspecified atom stereocenters. The van der Waals surface area contributed by atoms with Crippen molar-refractivity contribution in [2.24, 2.45) is 11.3 Å². The quantitative estimate of drug-likeness (QED) is 0.447. The second-order valence-electron chi connectivity index (χ2n) is 7.12. The molecule has 0 spiro atoms. The number of hydrogen-bond donors (Lipinski definition) is 1. The van der Waals surface area contributed by atoms with E-state index >= 15 is 0 Å². The fourth-order valence-electron chi connectivity index (χ4n) is 3.22. The van der Waals surface area contributed by atoms with Crippen molar-refractivity contribution in [1.82, 2.24) is 0 Å². The molecule has 1 aromatic rings. The summed E-state index contributed by atoms with van der Waals surface area (Å²) in [5.74, 6) is -9.89. The fourth-order valence-corrected chi connectivity index (χ4v) is 3.22. The van der Waals surface area contributed by atoms with E-state index in [-0.39, 0.29) is 24.2 Å². The van der Waals surface area contributed by atoms with Gasteiger partial charge >= 0.3 is 0 Å². The molecule has 0 radical (unpaired) electrons. The van der Waals surface area contributed by atoms with Crippen LogP contribution in [0, 0.1) is 40.4 Å². The molecule has 6 heteroatoms. The summed E-state index contributed by atoms with van der Waals surface area (Å²) >= 11 is 0. The zero-order valence-corrected chi connectivity index (χ0v) is 12.7. The molecule has 1 saturated carbocycles. The van der Waals surface area contributed by atoms with Gasteiger partial charge in [-0.25, -0.2) is 22.0 Å². The highest BCUT2D eigenvalue weighted by Gasteiger charge is 2.44. The predicted molar refractivity (Wildman–Crippen MR) is 71.5 cm³/mol. The van der Waals surface area contributed by atoms with Crippen LogP contribution in [0.3, 0.4) is 0 Å². The van der Waals surface area contributed by atoms with Gasteiger partial charge in [0.05, 0.1) is 11.2 Å². The molecule has 124 valence electrons. The molecular formula is C16H19F5O. The molecule has 0 heterocycles. The number of halogens is 5. The van der Waals surface area contributed by atoms with Crippen molar-refractivity contribution in [3.05, 3.63) is 34.6 Å². The summed E-state index contributed by atoms with van der Waals surface area (Å²) < 4.78 is 67.5. The van der Waals surface area contributed by atoms with Gasteiger partial charge in [0.25, 0.3) is 0 Å². The first-order valence-electron chi connectivity index (χ1n) is 7.23.